The van der Waals surface area contributed by atoms with Crippen molar-refractivity contribution < 1.29 is 8.91 Å². The van der Waals surface area contributed by atoms with Crippen LogP contribution in [0.3, 0.4) is 0 Å². The molecule has 19 heavy (non-hydrogen) atoms. The number of nitrogens with one attached hydrogen (secondary N) is 1. The molecule has 0 saturated carbocycles. The summed E-state index contributed by atoms with van der Waals surface area (Å²) < 4.78 is 17.9. The van der Waals surface area contributed by atoms with E-state index in [2.05, 4.69) is 34.3 Å². The van der Waals surface area contributed by atoms with Gasteiger partial charge in [-0.25, -0.2) is 9.37 Å². The van der Waals surface area contributed by atoms with Crippen LogP contribution in [-0.2, 0) is 6.42 Å². The van der Waals surface area contributed by atoms with Gasteiger partial charge in [-0.2, -0.15) is 4.98 Å². The van der Waals surface area contributed by atoms with Crippen molar-refractivity contribution in [1.82, 2.24) is 20.4 Å². The summed E-state index contributed by atoms with van der Waals surface area (Å²) in [7, 11) is 0. The molecule has 6 heteroatoms. The lowest BCUT2D eigenvalue weighted by molar-refractivity contribution is 0.368. The molecule has 2 aromatic heterocycles. The summed E-state index contributed by atoms with van der Waals surface area (Å²) in [6.07, 6.45) is 2.77. The summed E-state index contributed by atoms with van der Waals surface area (Å²) in [6.45, 7) is 5.12. The maximum absolute atomic E-state index is 12.8. The fraction of sp³-hybridized carbons (Fsp3) is 0.462. The Labute approximate surface area is 111 Å². The molecule has 2 aromatic rings. The molecule has 0 aliphatic carbocycles. The molecule has 1 N–H and O–H groups in total. The molecule has 0 aliphatic heterocycles. The molecular weight excluding hydrogens is 247 g/mol. The van der Waals surface area contributed by atoms with Crippen LogP contribution in [-0.4, -0.2) is 27.7 Å². The van der Waals surface area contributed by atoms with Gasteiger partial charge in [-0.3, -0.25) is 0 Å². The van der Waals surface area contributed by atoms with Gasteiger partial charge in [-0.05, 0) is 32.0 Å². The third-order valence-corrected chi connectivity index (χ3v) is 2.77. The molecule has 0 spiro atoms. The molecule has 0 aliphatic rings. The van der Waals surface area contributed by atoms with E-state index in [-0.39, 0.29) is 5.82 Å². The lowest BCUT2D eigenvalue weighted by Crippen LogP contribution is -2.25. The van der Waals surface area contributed by atoms with Crippen LogP contribution in [0.15, 0.2) is 22.9 Å². The van der Waals surface area contributed by atoms with E-state index in [0.717, 1.165) is 19.2 Å². The summed E-state index contributed by atoms with van der Waals surface area (Å²) in [5, 5.41) is 7.17. The predicted octanol–water partition coefficient (Wildman–Crippen LogP) is 2.20. The molecular formula is C13H17FN4O. The van der Waals surface area contributed by atoms with Gasteiger partial charge in [-0.1, -0.05) is 12.1 Å². The number of hydrogen-bond acceptors (Lipinski definition) is 5. The first kappa shape index (κ1) is 13.6. The highest BCUT2D eigenvalue weighted by molar-refractivity contribution is 5.47. The van der Waals surface area contributed by atoms with E-state index >= 15 is 0 Å². The lowest BCUT2D eigenvalue weighted by atomic mass is 10.2. The summed E-state index contributed by atoms with van der Waals surface area (Å²) >= 11 is 0. The Morgan fingerprint density at radius 2 is 2.26 bits per heavy atom. The van der Waals surface area contributed by atoms with Gasteiger partial charge < -0.3 is 9.84 Å². The van der Waals surface area contributed by atoms with Crippen molar-refractivity contribution in [3.63, 3.8) is 0 Å². The molecule has 0 aromatic carbocycles. The van der Waals surface area contributed by atoms with Gasteiger partial charge in [0.05, 0.1) is 6.20 Å². The summed E-state index contributed by atoms with van der Waals surface area (Å²) in [5.74, 6) is 0.587. The zero-order valence-electron chi connectivity index (χ0n) is 11.1. The first-order valence-electron chi connectivity index (χ1n) is 6.37. The van der Waals surface area contributed by atoms with Crippen LogP contribution in [0.25, 0.3) is 11.5 Å². The number of aryl methyl sites for hydroxylation is 1. The van der Waals surface area contributed by atoms with E-state index in [1.54, 1.807) is 0 Å². The largest absolute Gasteiger partial charge is 0.339 e. The molecule has 2 rings (SSSR count). The molecule has 2 heterocycles. The highest BCUT2D eigenvalue weighted by atomic mass is 19.1. The van der Waals surface area contributed by atoms with Crippen molar-refractivity contribution in [3.8, 4) is 11.5 Å². The van der Waals surface area contributed by atoms with Crippen LogP contribution in [0.5, 0.6) is 0 Å². The molecule has 1 atom stereocenters. The van der Waals surface area contributed by atoms with Crippen molar-refractivity contribution in [2.45, 2.75) is 32.7 Å². The number of pyridine rings is 1. The molecule has 0 saturated heterocycles. The van der Waals surface area contributed by atoms with Crippen LogP contribution in [0, 0.1) is 5.82 Å². The van der Waals surface area contributed by atoms with E-state index in [1.807, 2.05) is 0 Å². The van der Waals surface area contributed by atoms with Crippen LogP contribution in [0.2, 0.25) is 0 Å². The molecule has 5 nitrogen and oxygen atoms in total. The lowest BCUT2D eigenvalue weighted by Gasteiger charge is -2.09. The minimum Gasteiger partial charge on any atom is -0.339 e. The molecule has 1 unspecified atom stereocenters. The van der Waals surface area contributed by atoms with Crippen LogP contribution in [0.1, 0.15) is 26.2 Å². The Balaban J connectivity index is 1.97. The average Bonchev–Trinajstić information content (AvgIpc) is 2.86. The molecule has 0 bridgehead atoms. The molecule has 0 radical (unpaired) electrons. The minimum absolute atomic E-state index is 0.382. The monoisotopic (exact) mass is 264 g/mol. The zero-order valence-corrected chi connectivity index (χ0v) is 11.1. The van der Waals surface area contributed by atoms with Gasteiger partial charge in [0.1, 0.15) is 11.5 Å². The smallest absolute Gasteiger partial charge is 0.227 e. The predicted molar refractivity (Wildman–Crippen MR) is 68.9 cm³/mol. The Morgan fingerprint density at radius 1 is 1.42 bits per heavy atom. The van der Waals surface area contributed by atoms with Gasteiger partial charge in [0.15, 0.2) is 0 Å². The summed E-state index contributed by atoms with van der Waals surface area (Å²) in [4.78, 5) is 8.17. The van der Waals surface area contributed by atoms with Crippen molar-refractivity contribution in [1.29, 1.82) is 0 Å². The van der Waals surface area contributed by atoms with Crippen molar-refractivity contribution >= 4 is 0 Å². The van der Waals surface area contributed by atoms with E-state index in [9.17, 15) is 4.39 Å². The maximum Gasteiger partial charge on any atom is 0.227 e. The van der Waals surface area contributed by atoms with Gasteiger partial charge in [-0.15, -0.1) is 0 Å². The van der Waals surface area contributed by atoms with Crippen molar-refractivity contribution in [2.75, 3.05) is 6.54 Å². The fourth-order valence-corrected chi connectivity index (χ4v) is 1.76. The van der Waals surface area contributed by atoms with Crippen LogP contribution >= 0.6 is 0 Å². The van der Waals surface area contributed by atoms with Gasteiger partial charge in [0, 0.05) is 12.5 Å². The zero-order chi connectivity index (χ0) is 13.7. The van der Waals surface area contributed by atoms with Gasteiger partial charge in [0.25, 0.3) is 0 Å². The normalized spacial score (nSPS) is 12.6. The Kier molecular flexibility index (Phi) is 4.57. The van der Waals surface area contributed by atoms with E-state index in [0.29, 0.717) is 29.9 Å². The number of rotatable bonds is 6. The van der Waals surface area contributed by atoms with E-state index in [1.165, 1.54) is 12.1 Å². The first-order chi connectivity index (χ1) is 9.19. The minimum atomic E-state index is -0.382. The average molecular weight is 264 g/mol. The quantitative estimate of drug-likeness (QED) is 0.866. The second-order valence-corrected chi connectivity index (χ2v) is 4.37. The van der Waals surface area contributed by atoms with Gasteiger partial charge in [0.2, 0.25) is 11.7 Å². The fourth-order valence-electron chi connectivity index (χ4n) is 1.76. The van der Waals surface area contributed by atoms with E-state index in [4.69, 9.17) is 4.52 Å². The second kappa shape index (κ2) is 6.38. The Bertz CT molecular complexity index is 512. The second-order valence-electron chi connectivity index (χ2n) is 4.37. The van der Waals surface area contributed by atoms with E-state index < -0.39 is 0 Å². The standard InChI is InChI=1S/C13H17FN4O/c1-3-15-9(2)4-7-12-17-13(18-19-12)11-6-5-10(14)8-16-11/h5-6,8-9,15H,3-4,7H2,1-2H3. The maximum atomic E-state index is 12.8. The first-order valence-corrected chi connectivity index (χ1v) is 6.37. The Morgan fingerprint density at radius 3 is 2.95 bits per heavy atom. The third-order valence-electron chi connectivity index (χ3n) is 2.77. The SMILES string of the molecule is CCNC(C)CCc1nc(-c2ccc(F)cn2)no1. The summed E-state index contributed by atoms with van der Waals surface area (Å²) in [6, 6.07) is 3.26. The number of nitrogens with zero attached hydrogens (tertiary/aromatic N) is 3. The third kappa shape index (κ3) is 3.82. The highest BCUT2D eigenvalue weighted by Gasteiger charge is 2.11. The molecule has 0 amide bonds. The molecule has 102 valence electrons. The number of halogens is 1. The number of hydrogen-bond donors (Lipinski definition) is 1. The molecule has 0 fully saturated rings. The summed E-state index contributed by atoms with van der Waals surface area (Å²) in [5.41, 5.74) is 0.510. The van der Waals surface area contributed by atoms with Gasteiger partial charge >= 0.3 is 0 Å². The number of aromatic nitrogens is 3. The highest BCUT2D eigenvalue weighted by Crippen LogP contribution is 2.14. The van der Waals surface area contributed by atoms with Crippen LogP contribution in [0.4, 0.5) is 4.39 Å². The topological polar surface area (TPSA) is 63.8 Å². The van der Waals surface area contributed by atoms with Crippen LogP contribution < -0.4 is 5.32 Å². The van der Waals surface area contributed by atoms with Crippen molar-refractivity contribution in [2.24, 2.45) is 0 Å². The van der Waals surface area contributed by atoms with Crippen molar-refractivity contribution in [3.05, 3.63) is 30.0 Å². The Hall–Kier alpha value is -1.82.